The number of hydrogen-bond acceptors (Lipinski definition) is 4. The average molecular weight is 237 g/mol. The summed E-state index contributed by atoms with van der Waals surface area (Å²) in [6.07, 6.45) is 0. The molecule has 16 heavy (non-hydrogen) atoms. The highest BCUT2D eigenvalue weighted by Crippen LogP contribution is 2.22. The highest BCUT2D eigenvalue weighted by molar-refractivity contribution is 7.16. The molecule has 2 aromatic rings. The van der Waals surface area contributed by atoms with Gasteiger partial charge in [0.05, 0.1) is 22.1 Å². The fourth-order valence-corrected chi connectivity index (χ4v) is 2.49. The molecule has 0 amide bonds. The third kappa shape index (κ3) is 1.83. The standard InChI is InChI=1S/C10H11N3O2S/c1-3-15-7-4-5-8-9(6-7)16-10(11-12-14)13(8)2/h4-6H,3H2,1-2H3/b11-10+. The summed E-state index contributed by atoms with van der Waals surface area (Å²) in [5.74, 6) is 0.822. The van der Waals surface area contributed by atoms with Crippen LogP contribution >= 0.6 is 11.3 Å². The first-order chi connectivity index (χ1) is 7.76. The van der Waals surface area contributed by atoms with Crippen LogP contribution in [0, 0.1) is 4.91 Å². The van der Waals surface area contributed by atoms with Gasteiger partial charge in [-0.1, -0.05) is 16.4 Å². The lowest BCUT2D eigenvalue weighted by molar-refractivity contribution is 0.341. The first-order valence-electron chi connectivity index (χ1n) is 4.85. The van der Waals surface area contributed by atoms with E-state index in [2.05, 4.69) is 10.4 Å². The Labute approximate surface area is 96.0 Å². The topological polar surface area (TPSA) is 56.0 Å². The highest BCUT2D eigenvalue weighted by atomic mass is 32.1. The van der Waals surface area contributed by atoms with Gasteiger partial charge < -0.3 is 9.30 Å². The lowest BCUT2D eigenvalue weighted by Crippen LogP contribution is -2.08. The number of nitrogens with zero attached hydrogens (tertiary/aromatic N) is 3. The molecule has 0 aliphatic rings. The van der Waals surface area contributed by atoms with Crippen LogP contribution in [-0.2, 0) is 7.05 Å². The number of benzene rings is 1. The molecule has 5 nitrogen and oxygen atoms in total. The second-order valence-corrected chi connectivity index (χ2v) is 4.20. The number of rotatable bonds is 3. The molecule has 0 radical (unpaired) electrons. The van der Waals surface area contributed by atoms with Crippen molar-refractivity contribution in [1.29, 1.82) is 0 Å². The second kappa shape index (κ2) is 4.44. The number of nitroso groups, excluding NO2 is 1. The van der Waals surface area contributed by atoms with E-state index in [1.54, 1.807) is 0 Å². The molecule has 0 bridgehead atoms. The first kappa shape index (κ1) is 10.8. The number of ether oxygens (including phenoxy) is 1. The monoisotopic (exact) mass is 237 g/mol. The minimum atomic E-state index is 0.582. The number of aryl methyl sites for hydroxylation is 1. The van der Waals surface area contributed by atoms with E-state index in [0.29, 0.717) is 11.4 Å². The molecule has 1 aromatic heterocycles. The third-order valence-corrected chi connectivity index (χ3v) is 3.30. The van der Waals surface area contributed by atoms with Gasteiger partial charge in [0.15, 0.2) is 0 Å². The predicted octanol–water partition coefficient (Wildman–Crippen LogP) is 2.22. The van der Waals surface area contributed by atoms with Crippen molar-refractivity contribution in [3.8, 4) is 5.75 Å². The van der Waals surface area contributed by atoms with Crippen LogP contribution in [-0.4, -0.2) is 11.2 Å². The lowest BCUT2D eigenvalue weighted by atomic mass is 10.3. The molecule has 0 aliphatic carbocycles. The van der Waals surface area contributed by atoms with Crippen molar-refractivity contribution in [1.82, 2.24) is 4.57 Å². The van der Waals surface area contributed by atoms with Crippen LogP contribution < -0.4 is 9.54 Å². The van der Waals surface area contributed by atoms with Crippen LogP contribution in [0.3, 0.4) is 0 Å². The molecule has 0 atom stereocenters. The van der Waals surface area contributed by atoms with Gasteiger partial charge in [-0.15, -0.1) is 4.91 Å². The molecule has 0 aliphatic heterocycles. The Morgan fingerprint density at radius 2 is 2.31 bits per heavy atom. The molecule has 0 saturated heterocycles. The Balaban J connectivity index is 2.62. The number of fused-ring (bicyclic) bond motifs is 1. The zero-order chi connectivity index (χ0) is 11.5. The second-order valence-electron chi connectivity index (χ2n) is 3.19. The van der Waals surface area contributed by atoms with Crippen LogP contribution in [0.4, 0.5) is 0 Å². The van der Waals surface area contributed by atoms with Crippen LogP contribution in [0.2, 0.25) is 0 Å². The summed E-state index contributed by atoms with van der Waals surface area (Å²) in [5.41, 5.74) is 1.01. The quantitative estimate of drug-likeness (QED) is 0.607. The summed E-state index contributed by atoms with van der Waals surface area (Å²) >= 11 is 1.41. The number of aromatic nitrogens is 1. The van der Waals surface area contributed by atoms with Gasteiger partial charge in [-0.05, 0) is 25.1 Å². The van der Waals surface area contributed by atoms with Crippen molar-refractivity contribution in [2.24, 2.45) is 17.4 Å². The van der Waals surface area contributed by atoms with Crippen LogP contribution in [0.5, 0.6) is 5.75 Å². The van der Waals surface area contributed by atoms with Crippen molar-refractivity contribution in [2.45, 2.75) is 6.92 Å². The van der Waals surface area contributed by atoms with Crippen molar-refractivity contribution >= 4 is 21.6 Å². The third-order valence-electron chi connectivity index (χ3n) is 2.22. The predicted molar refractivity (Wildman–Crippen MR) is 63.3 cm³/mol. The number of thiazole rings is 1. The summed E-state index contributed by atoms with van der Waals surface area (Å²) in [5, 5.41) is 6.08. The molecule has 0 N–H and O–H groups in total. The van der Waals surface area contributed by atoms with Gasteiger partial charge in [-0.25, -0.2) is 0 Å². The summed E-state index contributed by atoms with van der Waals surface area (Å²) in [6, 6.07) is 5.78. The molecular weight excluding hydrogens is 226 g/mol. The van der Waals surface area contributed by atoms with Crippen LogP contribution in [0.1, 0.15) is 6.92 Å². The summed E-state index contributed by atoms with van der Waals surface area (Å²) in [4.78, 5) is 10.7. The van der Waals surface area contributed by atoms with Crippen molar-refractivity contribution in [2.75, 3.05) is 6.61 Å². The van der Waals surface area contributed by atoms with Gasteiger partial charge in [0, 0.05) is 7.05 Å². The first-order valence-corrected chi connectivity index (χ1v) is 5.66. The van der Waals surface area contributed by atoms with E-state index in [1.807, 2.05) is 36.7 Å². The highest BCUT2D eigenvalue weighted by Gasteiger charge is 2.04. The van der Waals surface area contributed by atoms with E-state index in [4.69, 9.17) is 4.74 Å². The molecule has 0 saturated carbocycles. The van der Waals surface area contributed by atoms with Gasteiger partial charge >= 0.3 is 0 Å². The Kier molecular flexibility index (Phi) is 3.00. The Hall–Kier alpha value is -1.69. The molecular formula is C10H11N3O2S. The van der Waals surface area contributed by atoms with Crippen LogP contribution in [0.25, 0.3) is 10.2 Å². The van der Waals surface area contributed by atoms with Gasteiger partial charge in [-0.2, -0.15) is 0 Å². The van der Waals surface area contributed by atoms with Crippen LogP contribution in [0.15, 0.2) is 28.6 Å². The van der Waals surface area contributed by atoms with E-state index in [1.165, 1.54) is 11.3 Å². The average Bonchev–Trinajstić information content (AvgIpc) is 2.57. The van der Waals surface area contributed by atoms with E-state index in [-0.39, 0.29) is 0 Å². The minimum Gasteiger partial charge on any atom is -0.494 e. The fraction of sp³-hybridized carbons (Fsp3) is 0.300. The molecule has 0 unspecified atom stereocenters. The van der Waals surface area contributed by atoms with Gasteiger partial charge in [0.2, 0.25) is 4.80 Å². The fourth-order valence-electron chi connectivity index (χ4n) is 1.50. The summed E-state index contributed by atoms with van der Waals surface area (Å²) in [7, 11) is 1.85. The van der Waals surface area contributed by atoms with Gasteiger partial charge in [0.25, 0.3) is 0 Å². The number of hydrogen-bond donors (Lipinski definition) is 0. The van der Waals surface area contributed by atoms with Crippen molar-refractivity contribution in [3.05, 3.63) is 27.9 Å². The molecule has 0 fully saturated rings. The maximum Gasteiger partial charge on any atom is 0.214 e. The SMILES string of the molecule is CCOc1ccc2c(c1)s/c(=N/N=O)n2C. The van der Waals surface area contributed by atoms with E-state index in [9.17, 15) is 4.91 Å². The van der Waals surface area contributed by atoms with Crippen molar-refractivity contribution < 1.29 is 4.74 Å². The summed E-state index contributed by atoms with van der Waals surface area (Å²) < 4.78 is 8.26. The molecule has 1 heterocycles. The van der Waals surface area contributed by atoms with Gasteiger partial charge in [-0.3, -0.25) is 0 Å². The largest absolute Gasteiger partial charge is 0.494 e. The smallest absolute Gasteiger partial charge is 0.214 e. The molecule has 2 rings (SSSR count). The van der Waals surface area contributed by atoms with Gasteiger partial charge in [0.1, 0.15) is 5.75 Å². The zero-order valence-electron chi connectivity index (χ0n) is 9.01. The molecule has 1 aromatic carbocycles. The lowest BCUT2D eigenvalue weighted by Gasteiger charge is -2.02. The molecule has 84 valence electrons. The van der Waals surface area contributed by atoms with E-state index >= 15 is 0 Å². The Morgan fingerprint density at radius 1 is 1.50 bits per heavy atom. The van der Waals surface area contributed by atoms with E-state index < -0.39 is 0 Å². The summed E-state index contributed by atoms with van der Waals surface area (Å²) in [6.45, 7) is 2.58. The molecule has 6 heteroatoms. The minimum absolute atomic E-state index is 0.582. The molecule has 0 spiro atoms. The Morgan fingerprint density at radius 3 is 3.00 bits per heavy atom. The maximum atomic E-state index is 10.1. The normalized spacial score (nSPS) is 12.0. The maximum absolute atomic E-state index is 10.1. The Bertz CT molecular complexity index is 585. The zero-order valence-corrected chi connectivity index (χ0v) is 9.82. The van der Waals surface area contributed by atoms with Crippen molar-refractivity contribution in [3.63, 3.8) is 0 Å². The van der Waals surface area contributed by atoms with E-state index in [0.717, 1.165) is 16.0 Å².